The van der Waals surface area contributed by atoms with Gasteiger partial charge in [0.25, 0.3) is 0 Å². The van der Waals surface area contributed by atoms with E-state index in [2.05, 4.69) is 5.32 Å². The molecule has 2 rings (SSSR count). The fourth-order valence-corrected chi connectivity index (χ4v) is 4.91. The first-order chi connectivity index (χ1) is 11.5. The van der Waals surface area contributed by atoms with Crippen LogP contribution in [-0.4, -0.2) is 42.9 Å². The van der Waals surface area contributed by atoms with Gasteiger partial charge in [0, 0.05) is 11.7 Å². The molecule has 0 unspecified atom stereocenters. The lowest BCUT2D eigenvalue weighted by Crippen LogP contribution is -2.45. The van der Waals surface area contributed by atoms with Crippen LogP contribution >= 0.6 is 0 Å². The summed E-state index contributed by atoms with van der Waals surface area (Å²) >= 11 is 0. The van der Waals surface area contributed by atoms with Gasteiger partial charge in [0.15, 0.2) is 9.84 Å². The van der Waals surface area contributed by atoms with Crippen molar-refractivity contribution in [2.24, 2.45) is 0 Å². The number of hydrogen-bond acceptors (Lipinski definition) is 5. The van der Waals surface area contributed by atoms with Crippen LogP contribution in [0.25, 0.3) is 0 Å². The third kappa shape index (κ3) is 3.84. The molecule has 8 heteroatoms. The van der Waals surface area contributed by atoms with Crippen LogP contribution in [-0.2, 0) is 19.4 Å². The lowest BCUT2D eigenvalue weighted by Gasteiger charge is -2.22. The Morgan fingerprint density at radius 2 is 1.88 bits per heavy atom. The maximum absolute atomic E-state index is 13.2. The van der Waals surface area contributed by atoms with Crippen LogP contribution in [0.2, 0.25) is 0 Å². The molecule has 138 valence electrons. The Hall–Kier alpha value is -1.96. The number of amides is 1. The van der Waals surface area contributed by atoms with Crippen molar-refractivity contribution in [2.75, 3.05) is 5.75 Å². The van der Waals surface area contributed by atoms with Gasteiger partial charge in [-0.1, -0.05) is 19.1 Å². The predicted molar refractivity (Wildman–Crippen MR) is 90.6 cm³/mol. The zero-order valence-electron chi connectivity index (χ0n) is 14.6. The Morgan fingerprint density at radius 3 is 2.32 bits per heavy atom. The minimum atomic E-state index is -3.64. The average molecular weight is 371 g/mol. The fraction of sp³-hybridized carbons (Fsp3) is 0.529. The fourth-order valence-electron chi connectivity index (χ4n) is 2.98. The summed E-state index contributed by atoms with van der Waals surface area (Å²) in [7, 11) is -3.64. The number of carbonyl (C=O) groups excluding carboxylic acids is 2. The van der Waals surface area contributed by atoms with Crippen molar-refractivity contribution in [1.29, 1.82) is 0 Å². The minimum absolute atomic E-state index is 0.180. The third-order valence-electron chi connectivity index (χ3n) is 4.11. The van der Waals surface area contributed by atoms with Crippen molar-refractivity contribution in [3.63, 3.8) is 0 Å². The van der Waals surface area contributed by atoms with Gasteiger partial charge in [-0.05, 0) is 38.5 Å². The number of halogens is 1. The molecule has 0 aliphatic heterocycles. The summed E-state index contributed by atoms with van der Waals surface area (Å²) in [5.74, 6) is -1.44. The van der Waals surface area contributed by atoms with E-state index in [9.17, 15) is 22.4 Å². The smallest absolute Gasteiger partial charge is 0.408 e. The Morgan fingerprint density at radius 1 is 1.32 bits per heavy atom. The molecule has 1 aliphatic carbocycles. The van der Waals surface area contributed by atoms with Crippen molar-refractivity contribution in [3.05, 3.63) is 35.6 Å². The number of hydrogen-bond donors (Lipinski definition) is 1. The maximum atomic E-state index is 13.2. The summed E-state index contributed by atoms with van der Waals surface area (Å²) in [6.07, 6.45) is -0.441. The quantitative estimate of drug-likeness (QED) is 0.802. The van der Waals surface area contributed by atoms with Gasteiger partial charge >= 0.3 is 6.09 Å². The summed E-state index contributed by atoms with van der Waals surface area (Å²) in [5.41, 5.74) is -1.95. The summed E-state index contributed by atoms with van der Waals surface area (Å²) in [6, 6.07) is 5.21. The second-order valence-electron chi connectivity index (χ2n) is 7.08. The van der Waals surface area contributed by atoms with E-state index in [-0.39, 0.29) is 5.75 Å². The Bertz CT molecular complexity index is 769. The molecule has 0 aromatic heterocycles. The van der Waals surface area contributed by atoms with Gasteiger partial charge in [0.05, 0.1) is 0 Å². The van der Waals surface area contributed by atoms with E-state index < -0.39 is 44.1 Å². The van der Waals surface area contributed by atoms with Crippen LogP contribution in [0.4, 0.5) is 9.18 Å². The Labute approximate surface area is 146 Å². The van der Waals surface area contributed by atoms with Gasteiger partial charge in [0.1, 0.15) is 28.5 Å². The highest BCUT2D eigenvalue weighted by molar-refractivity contribution is 7.92. The van der Waals surface area contributed by atoms with Crippen molar-refractivity contribution in [1.82, 2.24) is 5.32 Å². The molecule has 6 nitrogen and oxygen atoms in total. The molecule has 1 aliphatic rings. The predicted octanol–water partition coefficient (Wildman–Crippen LogP) is 2.19. The van der Waals surface area contributed by atoms with Crippen molar-refractivity contribution < 1.29 is 27.1 Å². The molecule has 0 radical (unpaired) electrons. The molecule has 0 saturated heterocycles. The van der Waals surface area contributed by atoms with Crippen LogP contribution in [0.3, 0.4) is 0 Å². The van der Waals surface area contributed by atoms with Crippen LogP contribution in [0.1, 0.15) is 39.2 Å². The molecule has 0 heterocycles. The maximum Gasteiger partial charge on any atom is 0.408 e. The number of rotatable bonds is 5. The van der Waals surface area contributed by atoms with E-state index in [0.717, 1.165) is 0 Å². The molecule has 1 aromatic carbocycles. The van der Waals surface area contributed by atoms with E-state index in [4.69, 9.17) is 4.74 Å². The molecule has 1 saturated carbocycles. The Balaban J connectivity index is 2.40. The van der Waals surface area contributed by atoms with E-state index in [0.29, 0.717) is 11.8 Å². The summed E-state index contributed by atoms with van der Waals surface area (Å²) < 4.78 is 43.2. The van der Waals surface area contributed by atoms with E-state index in [1.165, 1.54) is 31.2 Å². The second kappa shape index (κ2) is 6.40. The van der Waals surface area contributed by atoms with Gasteiger partial charge in [-0.15, -0.1) is 0 Å². The molecular weight excluding hydrogens is 349 g/mol. The summed E-state index contributed by atoms with van der Waals surface area (Å²) in [5, 5.41) is 1.31. The van der Waals surface area contributed by atoms with Crippen molar-refractivity contribution in [3.8, 4) is 0 Å². The SMILES string of the molecule is CCS(=O)(=O)[C@@H]1[C@@H](c2ccc(F)cc2)[C@]1(C=O)NC(=O)OC(C)(C)C. The number of ether oxygens (including phenoxy) is 1. The number of nitrogens with one attached hydrogen (secondary N) is 1. The van der Waals surface area contributed by atoms with Crippen molar-refractivity contribution >= 4 is 22.2 Å². The van der Waals surface area contributed by atoms with Crippen LogP contribution in [0.5, 0.6) is 0 Å². The molecule has 0 spiro atoms. The molecule has 1 amide bonds. The van der Waals surface area contributed by atoms with Gasteiger partial charge < -0.3 is 14.8 Å². The number of aldehydes is 1. The van der Waals surface area contributed by atoms with Gasteiger partial charge in [-0.2, -0.15) is 0 Å². The lowest BCUT2D eigenvalue weighted by atomic mass is 10.1. The highest BCUT2D eigenvalue weighted by Crippen LogP contribution is 2.55. The molecule has 1 fully saturated rings. The molecule has 25 heavy (non-hydrogen) atoms. The standard InChI is InChI=1S/C17H22FNO5S/c1-5-25(22,23)14-13(11-6-8-12(18)9-7-11)17(14,10-20)19-15(21)24-16(2,3)4/h6-10,13-14H,5H2,1-4H3,(H,19,21)/t13-,14-,17+/m1/s1. The first-order valence-corrected chi connectivity index (χ1v) is 9.63. The Kier molecular flexibility index (Phi) is 4.96. The van der Waals surface area contributed by atoms with Crippen LogP contribution < -0.4 is 5.32 Å². The largest absolute Gasteiger partial charge is 0.444 e. The van der Waals surface area contributed by atoms with Gasteiger partial charge in [-0.25, -0.2) is 17.6 Å². The van der Waals surface area contributed by atoms with E-state index >= 15 is 0 Å². The van der Waals surface area contributed by atoms with Crippen LogP contribution in [0, 0.1) is 5.82 Å². The number of benzene rings is 1. The molecule has 0 bridgehead atoms. The van der Waals surface area contributed by atoms with Gasteiger partial charge in [0.2, 0.25) is 0 Å². The summed E-state index contributed by atoms with van der Waals surface area (Å²) in [4.78, 5) is 23.9. The third-order valence-corrected chi connectivity index (χ3v) is 6.35. The minimum Gasteiger partial charge on any atom is -0.444 e. The molecular formula is C17H22FNO5S. The molecule has 1 N–H and O–H groups in total. The highest BCUT2D eigenvalue weighted by atomic mass is 32.2. The average Bonchev–Trinajstić information content (AvgIpc) is 3.15. The monoisotopic (exact) mass is 371 g/mol. The zero-order valence-corrected chi connectivity index (χ0v) is 15.4. The van der Waals surface area contributed by atoms with E-state index in [1.807, 2.05) is 0 Å². The summed E-state index contributed by atoms with van der Waals surface area (Å²) in [6.45, 7) is 6.44. The topological polar surface area (TPSA) is 89.5 Å². The molecule has 1 aromatic rings. The highest BCUT2D eigenvalue weighted by Gasteiger charge is 2.72. The number of sulfone groups is 1. The van der Waals surface area contributed by atoms with E-state index in [1.54, 1.807) is 20.8 Å². The lowest BCUT2D eigenvalue weighted by molar-refractivity contribution is -0.110. The second-order valence-corrected chi connectivity index (χ2v) is 9.49. The van der Waals surface area contributed by atoms with Crippen LogP contribution in [0.15, 0.2) is 24.3 Å². The normalized spacial score (nSPS) is 26.0. The number of carbonyl (C=O) groups is 2. The molecule has 3 atom stereocenters. The number of alkyl carbamates (subject to hydrolysis) is 1. The first-order valence-electron chi connectivity index (χ1n) is 7.91. The van der Waals surface area contributed by atoms with Crippen molar-refractivity contribution in [2.45, 2.75) is 50.0 Å². The zero-order chi connectivity index (χ0) is 19.0. The first kappa shape index (κ1) is 19.4. The van der Waals surface area contributed by atoms with Gasteiger partial charge in [-0.3, -0.25) is 0 Å².